The molecular formula is C23H29N7O. The Morgan fingerprint density at radius 2 is 1.97 bits per heavy atom. The van der Waals surface area contributed by atoms with Crippen molar-refractivity contribution in [1.82, 2.24) is 19.9 Å². The molecule has 0 radical (unpaired) electrons. The van der Waals surface area contributed by atoms with Gasteiger partial charge in [0.05, 0.1) is 30.0 Å². The number of aromatic nitrogens is 4. The summed E-state index contributed by atoms with van der Waals surface area (Å²) in [5, 5.41) is 15.3. The molecule has 0 aliphatic carbocycles. The lowest BCUT2D eigenvalue weighted by Gasteiger charge is -2.20. The summed E-state index contributed by atoms with van der Waals surface area (Å²) < 4.78 is 5.71. The van der Waals surface area contributed by atoms with E-state index in [1.54, 1.807) is 12.4 Å². The zero-order chi connectivity index (χ0) is 22.4. The van der Waals surface area contributed by atoms with Crippen LogP contribution in [0.2, 0.25) is 0 Å². The van der Waals surface area contributed by atoms with Gasteiger partial charge in [0.2, 0.25) is 5.88 Å². The summed E-state index contributed by atoms with van der Waals surface area (Å²) in [7, 11) is 1.81. The molecule has 0 aliphatic rings. The highest BCUT2D eigenvalue weighted by atomic mass is 16.5. The van der Waals surface area contributed by atoms with Gasteiger partial charge in [-0.3, -0.25) is 0 Å². The highest BCUT2D eigenvalue weighted by Gasteiger charge is 2.21. The highest BCUT2D eigenvalue weighted by molar-refractivity contribution is 6.08. The summed E-state index contributed by atoms with van der Waals surface area (Å²) >= 11 is 0. The smallest absolute Gasteiger partial charge is 0.222 e. The Hall–Kier alpha value is -3.55. The van der Waals surface area contributed by atoms with Crippen LogP contribution in [0, 0.1) is 18.3 Å². The summed E-state index contributed by atoms with van der Waals surface area (Å²) in [6, 6.07) is 7.59. The van der Waals surface area contributed by atoms with Gasteiger partial charge >= 0.3 is 0 Å². The minimum Gasteiger partial charge on any atom is -0.477 e. The van der Waals surface area contributed by atoms with Crippen molar-refractivity contribution in [3.05, 3.63) is 53.7 Å². The van der Waals surface area contributed by atoms with Gasteiger partial charge in [-0.1, -0.05) is 13.8 Å². The van der Waals surface area contributed by atoms with E-state index >= 15 is 0 Å². The summed E-state index contributed by atoms with van der Waals surface area (Å²) in [6.07, 6.45) is 3.45. The van der Waals surface area contributed by atoms with Crippen molar-refractivity contribution in [3.8, 4) is 17.1 Å². The van der Waals surface area contributed by atoms with Crippen LogP contribution in [0.3, 0.4) is 0 Å². The summed E-state index contributed by atoms with van der Waals surface area (Å²) in [5.74, 6) is 1.87. The Bertz CT molecular complexity index is 1070. The van der Waals surface area contributed by atoms with Crippen molar-refractivity contribution in [1.29, 1.82) is 5.41 Å². The number of pyridine rings is 2. The second-order valence-electron chi connectivity index (χ2n) is 7.35. The fraction of sp³-hybridized carbons (Fsp3) is 0.348. The number of ether oxygens (including phenoxy) is 1. The van der Waals surface area contributed by atoms with Gasteiger partial charge in [0.25, 0.3) is 0 Å². The first-order valence-corrected chi connectivity index (χ1v) is 10.4. The van der Waals surface area contributed by atoms with Crippen molar-refractivity contribution in [2.75, 3.05) is 24.3 Å². The lowest BCUT2D eigenvalue weighted by atomic mass is 9.97. The molecule has 3 rings (SSSR count). The molecule has 0 atom stereocenters. The minimum atomic E-state index is 0.0351. The molecule has 31 heavy (non-hydrogen) atoms. The molecule has 0 saturated heterocycles. The molecule has 3 heterocycles. The van der Waals surface area contributed by atoms with Crippen molar-refractivity contribution >= 4 is 17.2 Å². The van der Waals surface area contributed by atoms with Crippen LogP contribution < -0.4 is 15.4 Å². The average Bonchev–Trinajstić information content (AvgIpc) is 2.77. The molecule has 8 nitrogen and oxygen atoms in total. The Balaban J connectivity index is 2.11. The first-order valence-electron chi connectivity index (χ1n) is 10.4. The van der Waals surface area contributed by atoms with Gasteiger partial charge < -0.3 is 20.8 Å². The highest BCUT2D eigenvalue weighted by Crippen LogP contribution is 2.34. The van der Waals surface area contributed by atoms with E-state index in [2.05, 4.69) is 25.6 Å². The maximum absolute atomic E-state index is 8.68. The molecule has 0 bridgehead atoms. The molecule has 8 heteroatoms. The molecule has 0 spiro atoms. The van der Waals surface area contributed by atoms with Gasteiger partial charge in [-0.05, 0) is 44.0 Å². The maximum atomic E-state index is 8.68. The van der Waals surface area contributed by atoms with Crippen LogP contribution in [-0.4, -0.2) is 39.3 Å². The average molecular weight is 420 g/mol. The standard InChI is InChI=1S/C23H29N7O/c1-6-31-23-16(8-7-10-27-23)17-12-18(28-13-19-26-11-9-15(4)29-19)20(21(24)14(2)3)22(25-5)30-17/h7-12,14,24H,6,13H2,1-5H3,(H2,25,28,30). The van der Waals surface area contributed by atoms with E-state index in [0.29, 0.717) is 42.1 Å². The quantitative estimate of drug-likeness (QED) is 0.443. The number of nitrogens with zero attached hydrogens (tertiary/aromatic N) is 4. The van der Waals surface area contributed by atoms with Gasteiger partial charge in [-0.25, -0.2) is 19.9 Å². The Morgan fingerprint density at radius 1 is 1.16 bits per heavy atom. The van der Waals surface area contributed by atoms with Crippen molar-refractivity contribution in [2.45, 2.75) is 34.2 Å². The predicted octanol–water partition coefficient (Wildman–Crippen LogP) is 4.32. The van der Waals surface area contributed by atoms with Gasteiger partial charge in [0, 0.05) is 36.5 Å². The van der Waals surface area contributed by atoms with Gasteiger partial charge in [-0.15, -0.1) is 0 Å². The van der Waals surface area contributed by atoms with E-state index in [1.165, 1.54) is 0 Å². The van der Waals surface area contributed by atoms with Crippen LogP contribution in [0.5, 0.6) is 5.88 Å². The molecule has 3 N–H and O–H groups in total. The van der Waals surface area contributed by atoms with Crippen molar-refractivity contribution < 1.29 is 4.74 Å². The second-order valence-corrected chi connectivity index (χ2v) is 7.35. The number of hydrogen-bond donors (Lipinski definition) is 3. The molecule has 3 aromatic rings. The van der Waals surface area contributed by atoms with Crippen LogP contribution in [0.4, 0.5) is 11.5 Å². The molecule has 0 saturated carbocycles. The molecule has 0 aliphatic heterocycles. The van der Waals surface area contributed by atoms with Crippen molar-refractivity contribution in [3.63, 3.8) is 0 Å². The summed E-state index contributed by atoms with van der Waals surface area (Å²) in [5.41, 5.74) is 4.41. The van der Waals surface area contributed by atoms with Crippen LogP contribution in [-0.2, 0) is 6.54 Å². The Morgan fingerprint density at radius 3 is 2.65 bits per heavy atom. The van der Waals surface area contributed by atoms with E-state index in [1.807, 2.05) is 59.0 Å². The second kappa shape index (κ2) is 9.97. The van der Waals surface area contributed by atoms with Gasteiger partial charge in [0.15, 0.2) is 0 Å². The monoisotopic (exact) mass is 419 g/mol. The van der Waals surface area contributed by atoms with Crippen LogP contribution >= 0.6 is 0 Å². The number of rotatable bonds is 9. The first kappa shape index (κ1) is 22.1. The molecule has 0 fully saturated rings. The van der Waals surface area contributed by atoms with E-state index in [0.717, 1.165) is 22.5 Å². The SMILES string of the molecule is CCOc1ncccc1-c1cc(NCc2nccc(C)n2)c(C(=N)C(C)C)c(NC)n1. The van der Waals surface area contributed by atoms with Gasteiger partial charge in [0.1, 0.15) is 11.6 Å². The fourth-order valence-electron chi connectivity index (χ4n) is 3.16. The zero-order valence-corrected chi connectivity index (χ0v) is 18.7. The van der Waals surface area contributed by atoms with Crippen LogP contribution in [0.15, 0.2) is 36.7 Å². The minimum absolute atomic E-state index is 0.0351. The van der Waals surface area contributed by atoms with E-state index < -0.39 is 0 Å². The van der Waals surface area contributed by atoms with E-state index in [4.69, 9.17) is 15.1 Å². The van der Waals surface area contributed by atoms with Crippen LogP contribution in [0.1, 0.15) is 37.9 Å². The number of nitrogens with one attached hydrogen (secondary N) is 3. The first-order chi connectivity index (χ1) is 14.9. The lowest BCUT2D eigenvalue weighted by molar-refractivity contribution is 0.328. The number of aryl methyl sites for hydroxylation is 1. The number of hydrogen-bond acceptors (Lipinski definition) is 8. The largest absolute Gasteiger partial charge is 0.477 e. The van der Waals surface area contributed by atoms with E-state index in [9.17, 15) is 0 Å². The predicted molar refractivity (Wildman–Crippen MR) is 124 cm³/mol. The summed E-state index contributed by atoms with van der Waals surface area (Å²) in [6.45, 7) is 8.79. The number of anilines is 2. The molecule has 3 aromatic heterocycles. The fourth-order valence-corrected chi connectivity index (χ4v) is 3.16. The molecular weight excluding hydrogens is 390 g/mol. The molecule has 0 unspecified atom stereocenters. The maximum Gasteiger partial charge on any atom is 0.222 e. The lowest BCUT2D eigenvalue weighted by Crippen LogP contribution is -2.16. The normalized spacial score (nSPS) is 10.8. The topological polar surface area (TPSA) is 109 Å². The third kappa shape index (κ3) is 5.14. The molecule has 162 valence electrons. The Labute approximate surface area is 183 Å². The van der Waals surface area contributed by atoms with Gasteiger partial charge in [-0.2, -0.15) is 0 Å². The van der Waals surface area contributed by atoms with Crippen LogP contribution in [0.25, 0.3) is 11.3 Å². The third-order valence-electron chi connectivity index (χ3n) is 4.71. The van der Waals surface area contributed by atoms with E-state index in [-0.39, 0.29) is 5.92 Å². The zero-order valence-electron chi connectivity index (χ0n) is 18.7. The van der Waals surface area contributed by atoms with Crippen molar-refractivity contribution in [2.24, 2.45) is 5.92 Å². The summed E-state index contributed by atoms with van der Waals surface area (Å²) in [4.78, 5) is 18.0. The molecule has 0 aromatic carbocycles. The molecule has 0 amide bonds. The third-order valence-corrected chi connectivity index (χ3v) is 4.71. The Kier molecular flexibility index (Phi) is 7.12.